The van der Waals surface area contributed by atoms with Gasteiger partial charge in [0.25, 0.3) is 0 Å². The summed E-state index contributed by atoms with van der Waals surface area (Å²) in [5, 5.41) is 8.60. The maximum Gasteiger partial charge on any atom is 0.223 e. The lowest BCUT2D eigenvalue weighted by Gasteiger charge is -2.37. The predicted octanol–water partition coefficient (Wildman–Crippen LogP) is 3.79. The lowest BCUT2D eigenvalue weighted by Crippen LogP contribution is -2.48. The first kappa shape index (κ1) is 22.0. The van der Waals surface area contributed by atoms with Crippen LogP contribution in [0.5, 0.6) is 5.75 Å². The first-order valence-corrected chi connectivity index (χ1v) is 11.6. The van der Waals surface area contributed by atoms with Crippen molar-refractivity contribution in [2.75, 3.05) is 38.3 Å². The number of pyridine rings is 1. The number of hydrogen-bond acceptors (Lipinski definition) is 8. The summed E-state index contributed by atoms with van der Waals surface area (Å²) < 4.78 is 31.2. The monoisotopic (exact) mass is 455 g/mol. The third-order valence-electron chi connectivity index (χ3n) is 6.67. The number of aromatic nitrogens is 3. The first-order chi connectivity index (χ1) is 16.0. The lowest BCUT2D eigenvalue weighted by atomic mass is 9.99. The van der Waals surface area contributed by atoms with Crippen LogP contribution in [0.25, 0.3) is 22.3 Å². The molecule has 5 rings (SSSR count). The largest absolute Gasteiger partial charge is 0.497 e. The average Bonchev–Trinajstić information content (AvgIpc) is 3.26. The first-order valence-electron chi connectivity index (χ1n) is 11.6. The number of halogens is 1. The molecule has 1 atom stereocenters. The van der Waals surface area contributed by atoms with Crippen LogP contribution in [-0.2, 0) is 4.74 Å². The van der Waals surface area contributed by atoms with Crippen molar-refractivity contribution in [3.05, 3.63) is 29.4 Å². The van der Waals surface area contributed by atoms with Gasteiger partial charge in [0.2, 0.25) is 11.7 Å². The predicted molar refractivity (Wildman–Crippen MR) is 123 cm³/mol. The Balaban J connectivity index is 1.48. The summed E-state index contributed by atoms with van der Waals surface area (Å²) >= 11 is 0. The van der Waals surface area contributed by atoms with Crippen LogP contribution < -0.4 is 15.0 Å². The van der Waals surface area contributed by atoms with Crippen LogP contribution in [0.3, 0.4) is 0 Å². The fourth-order valence-electron chi connectivity index (χ4n) is 4.92. The van der Waals surface area contributed by atoms with Gasteiger partial charge in [-0.15, -0.1) is 0 Å². The highest BCUT2D eigenvalue weighted by Gasteiger charge is 2.28. The highest BCUT2D eigenvalue weighted by atomic mass is 19.1. The number of piperidine rings is 1. The van der Waals surface area contributed by atoms with Crippen molar-refractivity contribution in [1.82, 2.24) is 20.4 Å². The molecule has 0 saturated carbocycles. The Kier molecular flexibility index (Phi) is 6.16. The molecule has 33 heavy (non-hydrogen) atoms. The molecule has 8 nitrogen and oxygen atoms in total. The maximum absolute atomic E-state index is 15.0. The summed E-state index contributed by atoms with van der Waals surface area (Å²) in [7, 11) is 1.53. The molecular weight excluding hydrogens is 425 g/mol. The smallest absolute Gasteiger partial charge is 0.223 e. The van der Waals surface area contributed by atoms with E-state index in [4.69, 9.17) is 19.0 Å². The number of ether oxygens (including phenoxy) is 2. The molecule has 1 N–H and O–H groups in total. The fraction of sp³-hybridized carbons (Fsp3) is 0.542. The van der Waals surface area contributed by atoms with Crippen molar-refractivity contribution in [3.63, 3.8) is 0 Å². The summed E-state index contributed by atoms with van der Waals surface area (Å²) in [6, 6.07) is 4.05. The zero-order valence-electron chi connectivity index (χ0n) is 19.4. The fourth-order valence-corrected chi connectivity index (χ4v) is 4.92. The molecule has 0 aliphatic carbocycles. The third-order valence-corrected chi connectivity index (χ3v) is 6.67. The highest BCUT2D eigenvalue weighted by Crippen LogP contribution is 2.38. The van der Waals surface area contributed by atoms with E-state index < -0.39 is 5.82 Å². The molecule has 2 fully saturated rings. The number of nitrogens with zero attached hydrogens (tertiary/aromatic N) is 4. The molecule has 0 bridgehead atoms. The van der Waals surface area contributed by atoms with Gasteiger partial charge in [-0.25, -0.2) is 9.37 Å². The summed E-state index contributed by atoms with van der Waals surface area (Å²) in [5.41, 5.74) is 1.96. The van der Waals surface area contributed by atoms with Crippen LogP contribution in [0, 0.1) is 19.7 Å². The van der Waals surface area contributed by atoms with E-state index in [0.717, 1.165) is 63.1 Å². The molecule has 0 radical (unpaired) electrons. The van der Waals surface area contributed by atoms with Gasteiger partial charge >= 0.3 is 0 Å². The molecule has 3 aromatic rings. The Morgan fingerprint density at radius 2 is 1.94 bits per heavy atom. The average molecular weight is 456 g/mol. The van der Waals surface area contributed by atoms with Gasteiger partial charge in [-0.1, -0.05) is 5.16 Å². The third kappa shape index (κ3) is 4.39. The number of benzene rings is 1. The van der Waals surface area contributed by atoms with Crippen LogP contribution >= 0.6 is 0 Å². The van der Waals surface area contributed by atoms with E-state index in [1.807, 2.05) is 13.0 Å². The molecule has 4 heterocycles. The van der Waals surface area contributed by atoms with E-state index in [-0.39, 0.29) is 0 Å². The highest BCUT2D eigenvalue weighted by molar-refractivity contribution is 5.93. The standard InChI is InChI=1S/C24H30FN5O3/c1-14-19-11-18(31-3)12-20(25)22(19)28-24(21(14)23-26-15(2)33-29-23)30-8-6-16(7-9-30)27-17-5-4-10-32-13-17/h11-12,16-17,27H,4-10,13H2,1-3H3. The molecule has 176 valence electrons. The molecule has 0 amide bonds. The normalized spacial score (nSPS) is 19.9. The molecule has 2 aliphatic rings. The van der Waals surface area contributed by atoms with Gasteiger partial charge < -0.3 is 24.2 Å². The number of fused-ring (bicyclic) bond motifs is 1. The lowest BCUT2D eigenvalue weighted by molar-refractivity contribution is 0.0650. The van der Waals surface area contributed by atoms with Crippen molar-refractivity contribution < 1.29 is 18.4 Å². The number of aryl methyl sites for hydroxylation is 2. The molecular formula is C24H30FN5O3. The summed E-state index contributed by atoms with van der Waals surface area (Å²) in [6.45, 7) is 6.98. The summed E-state index contributed by atoms with van der Waals surface area (Å²) in [4.78, 5) is 11.5. The topological polar surface area (TPSA) is 85.5 Å². The van der Waals surface area contributed by atoms with Gasteiger partial charge in [-0.3, -0.25) is 0 Å². The van der Waals surface area contributed by atoms with E-state index in [2.05, 4.69) is 20.4 Å². The van der Waals surface area contributed by atoms with Gasteiger partial charge in [-0.05, 0) is 44.2 Å². The second kappa shape index (κ2) is 9.23. The van der Waals surface area contributed by atoms with Gasteiger partial charge in [0.15, 0.2) is 5.82 Å². The Morgan fingerprint density at radius 3 is 2.61 bits per heavy atom. The van der Waals surface area contributed by atoms with E-state index in [1.165, 1.54) is 13.2 Å². The van der Waals surface area contributed by atoms with E-state index in [0.29, 0.717) is 46.3 Å². The van der Waals surface area contributed by atoms with Gasteiger partial charge in [0.05, 0.1) is 19.3 Å². The van der Waals surface area contributed by atoms with Crippen LogP contribution in [0.15, 0.2) is 16.7 Å². The molecule has 1 unspecified atom stereocenters. The van der Waals surface area contributed by atoms with E-state index in [9.17, 15) is 4.39 Å². The molecule has 2 aliphatic heterocycles. The minimum atomic E-state index is -0.404. The Hall–Kier alpha value is -2.78. The van der Waals surface area contributed by atoms with E-state index >= 15 is 0 Å². The SMILES string of the molecule is COc1cc(F)c2nc(N3CCC(NC4CCCOC4)CC3)c(-c3noc(C)n3)c(C)c2c1. The van der Waals surface area contributed by atoms with Gasteiger partial charge in [0.1, 0.15) is 17.1 Å². The van der Waals surface area contributed by atoms with Crippen LogP contribution in [-0.4, -0.2) is 60.6 Å². The van der Waals surface area contributed by atoms with Crippen molar-refractivity contribution in [2.45, 2.75) is 51.6 Å². The van der Waals surface area contributed by atoms with Crippen molar-refractivity contribution in [2.24, 2.45) is 0 Å². The van der Waals surface area contributed by atoms with Crippen molar-refractivity contribution in [3.8, 4) is 17.1 Å². The molecule has 0 spiro atoms. The minimum Gasteiger partial charge on any atom is -0.497 e. The number of nitrogens with one attached hydrogen (secondary N) is 1. The molecule has 2 saturated heterocycles. The number of hydrogen-bond donors (Lipinski definition) is 1. The molecule has 2 aromatic heterocycles. The van der Waals surface area contributed by atoms with Gasteiger partial charge in [-0.2, -0.15) is 4.98 Å². The second-order valence-electron chi connectivity index (χ2n) is 8.92. The number of rotatable bonds is 5. The zero-order valence-corrected chi connectivity index (χ0v) is 19.4. The minimum absolute atomic E-state index is 0.326. The van der Waals surface area contributed by atoms with Gasteiger partial charge in [0, 0.05) is 50.2 Å². The molecule has 1 aromatic carbocycles. The van der Waals surface area contributed by atoms with Crippen LogP contribution in [0.4, 0.5) is 10.2 Å². The summed E-state index contributed by atoms with van der Waals surface area (Å²) in [5.74, 6) is 1.69. The molecule has 9 heteroatoms. The van der Waals surface area contributed by atoms with E-state index in [1.54, 1.807) is 6.92 Å². The quantitative estimate of drug-likeness (QED) is 0.622. The Morgan fingerprint density at radius 1 is 1.12 bits per heavy atom. The second-order valence-corrected chi connectivity index (χ2v) is 8.92. The maximum atomic E-state index is 15.0. The van der Waals surface area contributed by atoms with Crippen molar-refractivity contribution >= 4 is 16.7 Å². The summed E-state index contributed by atoms with van der Waals surface area (Å²) in [6.07, 6.45) is 4.23. The Labute approximate surface area is 192 Å². The van der Waals surface area contributed by atoms with Crippen LogP contribution in [0.2, 0.25) is 0 Å². The van der Waals surface area contributed by atoms with Crippen LogP contribution in [0.1, 0.15) is 37.1 Å². The van der Waals surface area contributed by atoms with Crippen molar-refractivity contribution in [1.29, 1.82) is 0 Å². The Bertz CT molecular complexity index is 1140. The number of anilines is 1. The zero-order chi connectivity index (χ0) is 22.9. The number of methoxy groups -OCH3 is 1.